The summed E-state index contributed by atoms with van der Waals surface area (Å²) in [7, 11) is 0. The molecule has 2 heterocycles. The maximum Gasteiger partial charge on any atom is 0.243 e. The fourth-order valence-electron chi connectivity index (χ4n) is 1.46. The summed E-state index contributed by atoms with van der Waals surface area (Å²) in [6.07, 6.45) is 4.42. The van der Waals surface area contributed by atoms with Crippen LogP contribution in [-0.4, -0.2) is 15.1 Å². The van der Waals surface area contributed by atoms with Crippen LogP contribution < -0.4 is 5.73 Å². The van der Waals surface area contributed by atoms with E-state index >= 15 is 0 Å². The highest BCUT2D eigenvalue weighted by Gasteiger charge is 2.13. The van der Waals surface area contributed by atoms with Gasteiger partial charge in [0.25, 0.3) is 0 Å². The van der Waals surface area contributed by atoms with Crippen LogP contribution >= 0.6 is 0 Å². The molecule has 0 aliphatic carbocycles. The van der Waals surface area contributed by atoms with E-state index in [0.29, 0.717) is 11.7 Å². The maximum atomic E-state index is 5.67. The van der Waals surface area contributed by atoms with E-state index in [4.69, 9.17) is 10.3 Å². The maximum absolute atomic E-state index is 5.67. The molecule has 0 saturated carbocycles. The zero-order valence-corrected chi connectivity index (χ0v) is 9.34. The van der Waals surface area contributed by atoms with Gasteiger partial charge in [0.1, 0.15) is 0 Å². The zero-order valence-electron chi connectivity index (χ0n) is 9.34. The number of nitrogens with two attached hydrogens (primary N) is 1. The van der Waals surface area contributed by atoms with Crippen LogP contribution in [0.25, 0.3) is 11.4 Å². The summed E-state index contributed by atoms with van der Waals surface area (Å²) in [5.74, 6) is 1.03. The first-order valence-corrected chi connectivity index (χ1v) is 5.24. The normalized spacial score (nSPS) is 12.7. The van der Waals surface area contributed by atoms with Crippen LogP contribution in [0.5, 0.6) is 0 Å². The van der Waals surface area contributed by atoms with Crippen molar-refractivity contribution in [3.63, 3.8) is 0 Å². The fraction of sp³-hybridized carbons (Fsp3) is 0.364. The van der Waals surface area contributed by atoms with Gasteiger partial charge in [-0.3, -0.25) is 4.98 Å². The highest BCUT2D eigenvalue weighted by molar-refractivity contribution is 5.58. The van der Waals surface area contributed by atoms with Gasteiger partial charge in [-0.2, -0.15) is 4.98 Å². The van der Waals surface area contributed by atoms with Crippen molar-refractivity contribution in [1.82, 2.24) is 15.1 Å². The van der Waals surface area contributed by atoms with Crippen LogP contribution in [0.15, 0.2) is 23.0 Å². The van der Waals surface area contributed by atoms with Crippen LogP contribution in [-0.2, 0) is 6.42 Å². The number of hydrogen-bond acceptors (Lipinski definition) is 5. The van der Waals surface area contributed by atoms with Gasteiger partial charge in [-0.15, -0.1) is 0 Å². The topological polar surface area (TPSA) is 77.8 Å². The minimum absolute atomic E-state index is 0.242. The van der Waals surface area contributed by atoms with Crippen molar-refractivity contribution in [3.05, 3.63) is 29.9 Å². The molecule has 2 aromatic heterocycles. The van der Waals surface area contributed by atoms with E-state index in [-0.39, 0.29) is 6.04 Å². The second kappa shape index (κ2) is 4.40. The van der Waals surface area contributed by atoms with Crippen LogP contribution in [0.1, 0.15) is 31.3 Å². The Morgan fingerprint density at radius 2 is 2.31 bits per heavy atom. The predicted molar refractivity (Wildman–Crippen MR) is 59.5 cm³/mol. The van der Waals surface area contributed by atoms with Crippen molar-refractivity contribution in [2.75, 3.05) is 0 Å². The van der Waals surface area contributed by atoms with Gasteiger partial charge < -0.3 is 10.3 Å². The summed E-state index contributed by atoms with van der Waals surface area (Å²) in [4.78, 5) is 8.33. The first-order chi connectivity index (χ1) is 7.72. The summed E-state index contributed by atoms with van der Waals surface area (Å²) in [5.41, 5.74) is 7.72. The molecular formula is C11H14N4O. The molecule has 16 heavy (non-hydrogen) atoms. The van der Waals surface area contributed by atoms with Gasteiger partial charge in [-0.25, -0.2) is 0 Å². The van der Waals surface area contributed by atoms with Crippen LogP contribution in [0, 0.1) is 0 Å². The van der Waals surface area contributed by atoms with Gasteiger partial charge in [0.15, 0.2) is 0 Å². The van der Waals surface area contributed by atoms with Crippen molar-refractivity contribution in [2.24, 2.45) is 5.73 Å². The standard InChI is InChI=1S/C11H14N4O/c1-3-8-6-13-5-4-9(8)10-14-11(7(2)12)16-15-10/h4-7H,3,12H2,1-2H3/t7-/m1/s1. The molecule has 84 valence electrons. The highest BCUT2D eigenvalue weighted by atomic mass is 16.5. The number of aromatic nitrogens is 3. The Labute approximate surface area is 93.7 Å². The molecule has 5 heteroatoms. The summed E-state index contributed by atoms with van der Waals surface area (Å²) in [6, 6.07) is 1.64. The number of hydrogen-bond donors (Lipinski definition) is 1. The number of aryl methyl sites for hydroxylation is 1. The summed E-state index contributed by atoms with van der Waals surface area (Å²) >= 11 is 0. The monoisotopic (exact) mass is 218 g/mol. The molecule has 1 atom stereocenters. The molecule has 0 bridgehead atoms. The molecule has 0 amide bonds. The first kappa shape index (κ1) is 10.8. The van der Waals surface area contributed by atoms with E-state index in [1.807, 2.05) is 19.2 Å². The Hall–Kier alpha value is -1.75. The zero-order chi connectivity index (χ0) is 11.5. The van der Waals surface area contributed by atoms with E-state index < -0.39 is 0 Å². The molecule has 0 saturated heterocycles. The Morgan fingerprint density at radius 1 is 1.50 bits per heavy atom. The summed E-state index contributed by atoms with van der Waals surface area (Å²) in [5, 5.41) is 3.92. The number of rotatable bonds is 3. The lowest BCUT2D eigenvalue weighted by atomic mass is 10.1. The number of nitrogens with zero attached hydrogens (tertiary/aromatic N) is 3. The van der Waals surface area contributed by atoms with Crippen molar-refractivity contribution < 1.29 is 4.52 Å². The molecule has 0 aliphatic rings. The van der Waals surface area contributed by atoms with Crippen LogP contribution in [0.3, 0.4) is 0 Å². The molecule has 0 aliphatic heterocycles. The van der Waals surface area contributed by atoms with Crippen molar-refractivity contribution >= 4 is 0 Å². The summed E-state index contributed by atoms with van der Waals surface area (Å²) < 4.78 is 5.07. The van der Waals surface area contributed by atoms with Crippen molar-refractivity contribution in [2.45, 2.75) is 26.3 Å². The molecule has 0 aromatic carbocycles. The molecule has 0 fully saturated rings. The average molecular weight is 218 g/mol. The summed E-state index contributed by atoms with van der Waals surface area (Å²) in [6.45, 7) is 3.87. The SMILES string of the molecule is CCc1cnccc1-c1noc([C@@H](C)N)n1. The van der Waals surface area contributed by atoms with E-state index in [1.54, 1.807) is 6.20 Å². The lowest BCUT2D eigenvalue weighted by molar-refractivity contribution is 0.362. The Balaban J connectivity index is 2.42. The molecular weight excluding hydrogens is 204 g/mol. The minimum Gasteiger partial charge on any atom is -0.337 e. The van der Waals surface area contributed by atoms with Gasteiger partial charge in [0, 0.05) is 18.0 Å². The average Bonchev–Trinajstić information content (AvgIpc) is 2.78. The minimum atomic E-state index is -0.242. The van der Waals surface area contributed by atoms with Crippen molar-refractivity contribution in [1.29, 1.82) is 0 Å². The third-order valence-electron chi connectivity index (χ3n) is 2.36. The Morgan fingerprint density at radius 3 is 2.94 bits per heavy atom. The third-order valence-corrected chi connectivity index (χ3v) is 2.36. The third kappa shape index (κ3) is 1.94. The Kier molecular flexibility index (Phi) is 2.96. The molecule has 2 rings (SSSR count). The molecule has 2 N–H and O–H groups in total. The molecule has 0 unspecified atom stereocenters. The largest absolute Gasteiger partial charge is 0.337 e. The lowest BCUT2D eigenvalue weighted by Gasteiger charge is -2.01. The van der Waals surface area contributed by atoms with Crippen LogP contribution in [0.4, 0.5) is 0 Å². The van der Waals surface area contributed by atoms with E-state index in [2.05, 4.69) is 22.0 Å². The molecule has 0 radical (unpaired) electrons. The molecule has 0 spiro atoms. The number of pyridine rings is 1. The van der Waals surface area contributed by atoms with E-state index in [1.165, 1.54) is 0 Å². The quantitative estimate of drug-likeness (QED) is 0.848. The van der Waals surface area contributed by atoms with Gasteiger partial charge >= 0.3 is 0 Å². The Bertz CT molecular complexity index is 478. The lowest BCUT2D eigenvalue weighted by Crippen LogP contribution is -2.04. The van der Waals surface area contributed by atoms with Gasteiger partial charge in [-0.05, 0) is 25.0 Å². The van der Waals surface area contributed by atoms with E-state index in [0.717, 1.165) is 17.5 Å². The van der Waals surface area contributed by atoms with Gasteiger partial charge in [0.2, 0.25) is 11.7 Å². The van der Waals surface area contributed by atoms with Crippen LogP contribution in [0.2, 0.25) is 0 Å². The second-order valence-electron chi connectivity index (χ2n) is 3.63. The van der Waals surface area contributed by atoms with Gasteiger partial charge in [0.05, 0.1) is 6.04 Å². The van der Waals surface area contributed by atoms with E-state index in [9.17, 15) is 0 Å². The predicted octanol–water partition coefficient (Wildman–Crippen LogP) is 1.71. The molecule has 2 aromatic rings. The highest BCUT2D eigenvalue weighted by Crippen LogP contribution is 2.21. The smallest absolute Gasteiger partial charge is 0.243 e. The van der Waals surface area contributed by atoms with Crippen molar-refractivity contribution in [3.8, 4) is 11.4 Å². The van der Waals surface area contributed by atoms with Gasteiger partial charge in [-0.1, -0.05) is 12.1 Å². The molecule has 5 nitrogen and oxygen atoms in total. The first-order valence-electron chi connectivity index (χ1n) is 5.24. The second-order valence-corrected chi connectivity index (χ2v) is 3.63. The fourth-order valence-corrected chi connectivity index (χ4v) is 1.46.